The van der Waals surface area contributed by atoms with Gasteiger partial charge in [-0.05, 0) is 11.5 Å². The van der Waals surface area contributed by atoms with E-state index in [0.29, 0.717) is 11.6 Å². The summed E-state index contributed by atoms with van der Waals surface area (Å²) in [4.78, 5) is 0. The molecule has 0 spiro atoms. The van der Waals surface area contributed by atoms with Crippen molar-refractivity contribution < 1.29 is 4.74 Å². The van der Waals surface area contributed by atoms with Crippen LogP contribution in [0.4, 0.5) is 10.8 Å². The Morgan fingerprint density at radius 3 is 3.20 bits per heavy atom. The number of nitrogens with two attached hydrogens (primary N) is 1. The SMILES string of the molecule is C#CCSCCNc1snc(N)c1OC. The smallest absolute Gasteiger partial charge is 0.197 e. The van der Waals surface area contributed by atoms with Gasteiger partial charge in [-0.15, -0.1) is 18.2 Å². The van der Waals surface area contributed by atoms with Crippen molar-refractivity contribution >= 4 is 34.1 Å². The first-order chi connectivity index (χ1) is 7.29. The first kappa shape index (κ1) is 12.0. The monoisotopic (exact) mass is 243 g/mol. The largest absolute Gasteiger partial charge is 0.490 e. The molecule has 0 aromatic carbocycles. The van der Waals surface area contributed by atoms with Gasteiger partial charge >= 0.3 is 0 Å². The van der Waals surface area contributed by atoms with Crippen molar-refractivity contribution in [2.45, 2.75) is 0 Å². The Morgan fingerprint density at radius 1 is 1.73 bits per heavy atom. The maximum absolute atomic E-state index is 5.61. The molecule has 82 valence electrons. The first-order valence-corrected chi connectivity index (χ1v) is 6.26. The molecule has 3 N–H and O–H groups in total. The Kier molecular flexibility index (Phi) is 5.15. The Hall–Kier alpha value is -1.06. The van der Waals surface area contributed by atoms with E-state index in [0.717, 1.165) is 23.1 Å². The predicted octanol–water partition coefficient (Wildman–Crippen LogP) is 1.51. The van der Waals surface area contributed by atoms with Crippen LogP contribution in [-0.4, -0.2) is 29.5 Å². The second-order valence-electron chi connectivity index (χ2n) is 2.61. The lowest BCUT2D eigenvalue weighted by atomic mass is 10.5. The minimum atomic E-state index is 0.432. The van der Waals surface area contributed by atoms with Crippen LogP contribution in [0.1, 0.15) is 0 Å². The number of methoxy groups -OCH3 is 1. The quantitative estimate of drug-likeness (QED) is 0.586. The highest BCUT2D eigenvalue weighted by Crippen LogP contribution is 2.34. The van der Waals surface area contributed by atoms with E-state index in [4.69, 9.17) is 16.9 Å². The molecule has 0 amide bonds. The average molecular weight is 243 g/mol. The van der Waals surface area contributed by atoms with E-state index in [9.17, 15) is 0 Å². The molecular formula is C9H13N3OS2. The van der Waals surface area contributed by atoms with E-state index in [-0.39, 0.29) is 0 Å². The fraction of sp³-hybridized carbons (Fsp3) is 0.444. The number of nitrogens with one attached hydrogen (secondary N) is 1. The van der Waals surface area contributed by atoms with Crippen molar-refractivity contribution in [3.05, 3.63) is 0 Å². The lowest BCUT2D eigenvalue weighted by Gasteiger charge is -2.04. The van der Waals surface area contributed by atoms with E-state index < -0.39 is 0 Å². The molecule has 0 saturated heterocycles. The second kappa shape index (κ2) is 6.43. The van der Waals surface area contributed by atoms with E-state index in [1.165, 1.54) is 11.5 Å². The van der Waals surface area contributed by atoms with Crippen LogP contribution in [-0.2, 0) is 0 Å². The minimum Gasteiger partial charge on any atom is -0.490 e. The molecule has 0 unspecified atom stereocenters. The van der Waals surface area contributed by atoms with Gasteiger partial charge in [-0.3, -0.25) is 0 Å². The van der Waals surface area contributed by atoms with Gasteiger partial charge in [0.05, 0.1) is 12.9 Å². The summed E-state index contributed by atoms with van der Waals surface area (Å²) in [5.41, 5.74) is 5.61. The van der Waals surface area contributed by atoms with Crippen molar-refractivity contribution in [3.63, 3.8) is 0 Å². The van der Waals surface area contributed by atoms with Crippen LogP contribution in [0.15, 0.2) is 0 Å². The van der Waals surface area contributed by atoms with E-state index in [1.807, 2.05) is 0 Å². The van der Waals surface area contributed by atoms with Crippen molar-refractivity contribution in [3.8, 4) is 18.1 Å². The molecule has 1 heterocycles. The molecule has 4 nitrogen and oxygen atoms in total. The van der Waals surface area contributed by atoms with Crippen molar-refractivity contribution in [2.75, 3.05) is 36.2 Å². The van der Waals surface area contributed by atoms with Gasteiger partial charge in [-0.1, -0.05) is 5.92 Å². The van der Waals surface area contributed by atoms with Crippen LogP contribution >= 0.6 is 23.3 Å². The molecule has 15 heavy (non-hydrogen) atoms. The molecule has 0 fully saturated rings. The molecule has 1 rings (SSSR count). The van der Waals surface area contributed by atoms with Crippen LogP contribution < -0.4 is 15.8 Å². The Morgan fingerprint density at radius 2 is 2.53 bits per heavy atom. The average Bonchev–Trinajstić information content (AvgIpc) is 2.59. The summed E-state index contributed by atoms with van der Waals surface area (Å²) in [7, 11) is 1.58. The van der Waals surface area contributed by atoms with Crippen molar-refractivity contribution in [1.82, 2.24) is 4.37 Å². The van der Waals surface area contributed by atoms with Gasteiger partial charge in [0, 0.05) is 12.3 Å². The Labute approximate surface area is 97.7 Å². The summed E-state index contributed by atoms with van der Waals surface area (Å²) in [5, 5.41) is 4.08. The number of nitrogen functional groups attached to an aromatic ring is 1. The van der Waals surface area contributed by atoms with E-state index in [2.05, 4.69) is 15.6 Å². The number of hydrogen-bond acceptors (Lipinski definition) is 6. The maximum atomic E-state index is 5.61. The lowest BCUT2D eigenvalue weighted by molar-refractivity contribution is 0.419. The molecule has 0 aliphatic heterocycles. The molecule has 0 saturated carbocycles. The van der Waals surface area contributed by atoms with Gasteiger partial charge in [-0.2, -0.15) is 4.37 Å². The Balaban J connectivity index is 2.34. The number of anilines is 2. The zero-order valence-corrected chi connectivity index (χ0v) is 10.1. The van der Waals surface area contributed by atoms with Gasteiger partial charge in [0.2, 0.25) is 0 Å². The van der Waals surface area contributed by atoms with E-state index in [1.54, 1.807) is 18.9 Å². The fourth-order valence-corrected chi connectivity index (χ4v) is 2.19. The summed E-state index contributed by atoms with van der Waals surface area (Å²) < 4.78 is 9.11. The van der Waals surface area contributed by atoms with Crippen LogP contribution in [0.2, 0.25) is 0 Å². The number of rotatable bonds is 6. The molecule has 0 aliphatic rings. The van der Waals surface area contributed by atoms with Crippen LogP contribution in [0.3, 0.4) is 0 Å². The summed E-state index contributed by atoms with van der Waals surface area (Å²) >= 11 is 3.01. The fourth-order valence-electron chi connectivity index (χ4n) is 0.972. The third kappa shape index (κ3) is 3.53. The molecule has 6 heteroatoms. The number of hydrogen-bond donors (Lipinski definition) is 2. The molecule has 1 aromatic rings. The number of thioether (sulfide) groups is 1. The topological polar surface area (TPSA) is 60.2 Å². The number of nitrogens with zero attached hydrogens (tertiary/aromatic N) is 1. The molecule has 1 aromatic heterocycles. The zero-order valence-electron chi connectivity index (χ0n) is 8.45. The zero-order chi connectivity index (χ0) is 11.1. The second-order valence-corrected chi connectivity index (χ2v) is 4.49. The molecule has 0 atom stereocenters. The highest BCUT2D eigenvalue weighted by molar-refractivity contribution is 7.99. The van der Waals surface area contributed by atoms with Gasteiger partial charge in [0.1, 0.15) is 0 Å². The minimum absolute atomic E-state index is 0.432. The van der Waals surface area contributed by atoms with Crippen LogP contribution in [0.25, 0.3) is 0 Å². The normalized spacial score (nSPS) is 9.60. The lowest BCUT2D eigenvalue weighted by Crippen LogP contribution is -2.04. The summed E-state index contributed by atoms with van der Waals surface area (Å²) in [6.45, 7) is 0.824. The summed E-state index contributed by atoms with van der Waals surface area (Å²) in [6.07, 6.45) is 5.14. The molecule has 0 bridgehead atoms. The van der Waals surface area contributed by atoms with Gasteiger partial charge < -0.3 is 15.8 Å². The highest BCUT2D eigenvalue weighted by atomic mass is 32.2. The Bertz CT molecular complexity index is 346. The maximum Gasteiger partial charge on any atom is 0.197 e. The number of aromatic nitrogens is 1. The number of terminal acetylenes is 1. The van der Waals surface area contributed by atoms with Crippen LogP contribution in [0, 0.1) is 12.3 Å². The molecule has 0 aliphatic carbocycles. The van der Waals surface area contributed by atoms with Crippen molar-refractivity contribution in [2.24, 2.45) is 0 Å². The summed E-state index contributed by atoms with van der Waals surface area (Å²) in [5.74, 6) is 5.32. The third-order valence-electron chi connectivity index (χ3n) is 1.60. The van der Waals surface area contributed by atoms with E-state index >= 15 is 0 Å². The van der Waals surface area contributed by atoms with Crippen LogP contribution in [0.5, 0.6) is 5.75 Å². The predicted molar refractivity (Wildman–Crippen MR) is 67.7 cm³/mol. The van der Waals surface area contributed by atoms with Gasteiger partial charge in [-0.25, -0.2) is 0 Å². The summed E-state index contributed by atoms with van der Waals surface area (Å²) in [6, 6.07) is 0. The van der Waals surface area contributed by atoms with Crippen molar-refractivity contribution in [1.29, 1.82) is 0 Å². The van der Waals surface area contributed by atoms with Gasteiger partial charge in [0.25, 0.3) is 0 Å². The highest BCUT2D eigenvalue weighted by Gasteiger charge is 2.10. The molecular weight excluding hydrogens is 230 g/mol. The molecule has 0 radical (unpaired) electrons. The number of ether oxygens (including phenoxy) is 1. The van der Waals surface area contributed by atoms with Gasteiger partial charge in [0.15, 0.2) is 16.6 Å². The first-order valence-electron chi connectivity index (χ1n) is 4.33. The standard InChI is InChI=1S/C9H13N3OS2/c1-3-5-14-6-4-11-9-7(13-2)8(10)12-15-9/h1,11H,4-6H2,2H3,(H2,10,12). The third-order valence-corrected chi connectivity index (χ3v) is 3.26.